The van der Waals surface area contributed by atoms with Gasteiger partial charge in [-0.2, -0.15) is 0 Å². The minimum Gasteiger partial charge on any atom is -0.372 e. The second-order valence-electron chi connectivity index (χ2n) is 4.80. The number of likely N-dealkylation sites (N-methyl/N-ethyl adjacent to an activating group) is 1. The Morgan fingerprint density at radius 3 is 2.65 bits per heavy atom. The van der Waals surface area contributed by atoms with E-state index in [0.717, 1.165) is 18.5 Å². The Balaban J connectivity index is 2.10. The summed E-state index contributed by atoms with van der Waals surface area (Å²) in [6.45, 7) is 1.42. The number of nitrogens with one attached hydrogen (secondary N) is 1. The highest BCUT2D eigenvalue weighted by Gasteiger charge is 2.12. The van der Waals surface area contributed by atoms with Crippen molar-refractivity contribution in [3.63, 3.8) is 0 Å². The van der Waals surface area contributed by atoms with Crippen molar-refractivity contribution in [1.29, 1.82) is 0 Å². The highest BCUT2D eigenvalue weighted by Crippen LogP contribution is 2.23. The van der Waals surface area contributed by atoms with Gasteiger partial charge in [0, 0.05) is 32.5 Å². The molecule has 0 fully saturated rings. The van der Waals surface area contributed by atoms with Crippen LogP contribution in [0.3, 0.4) is 0 Å². The number of benzene rings is 1. The molecule has 2 rings (SSSR count). The molecular formula is C16H20FN3. The molecule has 0 aliphatic rings. The number of rotatable bonds is 6. The largest absolute Gasteiger partial charge is 0.372 e. The van der Waals surface area contributed by atoms with Crippen molar-refractivity contribution < 1.29 is 4.39 Å². The molecule has 0 bridgehead atoms. The van der Waals surface area contributed by atoms with Crippen molar-refractivity contribution >= 4 is 5.69 Å². The Morgan fingerprint density at radius 1 is 1.20 bits per heavy atom. The van der Waals surface area contributed by atoms with Gasteiger partial charge in [-0.25, -0.2) is 4.39 Å². The maximum absolute atomic E-state index is 14.1. The van der Waals surface area contributed by atoms with Crippen LogP contribution in [0.25, 0.3) is 0 Å². The lowest BCUT2D eigenvalue weighted by Gasteiger charge is -2.23. The second-order valence-corrected chi connectivity index (χ2v) is 4.80. The van der Waals surface area contributed by atoms with E-state index in [4.69, 9.17) is 0 Å². The molecule has 20 heavy (non-hydrogen) atoms. The molecule has 3 nitrogen and oxygen atoms in total. The van der Waals surface area contributed by atoms with Gasteiger partial charge >= 0.3 is 0 Å². The van der Waals surface area contributed by atoms with Crippen LogP contribution in [0, 0.1) is 5.82 Å². The molecule has 0 amide bonds. The number of hydrogen-bond donors (Lipinski definition) is 1. The highest BCUT2D eigenvalue weighted by molar-refractivity contribution is 5.54. The topological polar surface area (TPSA) is 28.2 Å². The SMILES string of the molecule is CNCc1cccc(F)c1N(C)CCc1ccncc1. The minimum atomic E-state index is -0.171. The van der Waals surface area contributed by atoms with Crippen LogP contribution in [0.15, 0.2) is 42.7 Å². The molecule has 0 saturated heterocycles. The number of nitrogens with zero attached hydrogens (tertiary/aromatic N) is 2. The first kappa shape index (κ1) is 14.5. The number of anilines is 1. The normalized spacial score (nSPS) is 10.6. The predicted octanol–water partition coefficient (Wildman–Crippen LogP) is 2.62. The summed E-state index contributed by atoms with van der Waals surface area (Å²) in [6, 6.07) is 9.20. The van der Waals surface area contributed by atoms with Crippen LogP contribution in [-0.2, 0) is 13.0 Å². The van der Waals surface area contributed by atoms with Gasteiger partial charge in [0.15, 0.2) is 0 Å². The molecule has 2 aromatic rings. The summed E-state index contributed by atoms with van der Waals surface area (Å²) in [5, 5.41) is 3.08. The first-order valence-electron chi connectivity index (χ1n) is 6.74. The van der Waals surface area contributed by atoms with E-state index in [9.17, 15) is 4.39 Å². The maximum atomic E-state index is 14.1. The monoisotopic (exact) mass is 273 g/mol. The van der Waals surface area contributed by atoms with Crippen LogP contribution in [-0.4, -0.2) is 25.6 Å². The molecule has 1 N–H and O–H groups in total. The zero-order valence-corrected chi connectivity index (χ0v) is 11.9. The Kier molecular flexibility index (Phi) is 5.07. The molecule has 4 heteroatoms. The molecule has 0 saturated carbocycles. The Hall–Kier alpha value is -1.94. The van der Waals surface area contributed by atoms with Gasteiger partial charge in [-0.05, 0) is 42.8 Å². The van der Waals surface area contributed by atoms with Crippen LogP contribution in [0.2, 0.25) is 0 Å². The van der Waals surface area contributed by atoms with Gasteiger partial charge in [-0.1, -0.05) is 12.1 Å². The summed E-state index contributed by atoms with van der Waals surface area (Å²) in [6.07, 6.45) is 4.43. The van der Waals surface area contributed by atoms with Crippen molar-refractivity contribution in [2.45, 2.75) is 13.0 Å². The third-order valence-corrected chi connectivity index (χ3v) is 3.30. The maximum Gasteiger partial charge on any atom is 0.146 e. The average Bonchev–Trinajstić information content (AvgIpc) is 2.46. The number of para-hydroxylation sites is 1. The van der Waals surface area contributed by atoms with E-state index in [1.807, 2.05) is 37.2 Å². The van der Waals surface area contributed by atoms with Crippen LogP contribution in [0.4, 0.5) is 10.1 Å². The Bertz CT molecular complexity index is 543. The Labute approximate surface area is 119 Å². The summed E-state index contributed by atoms with van der Waals surface area (Å²) in [7, 11) is 3.80. The first-order valence-corrected chi connectivity index (χ1v) is 6.74. The molecule has 0 aliphatic heterocycles. The summed E-state index contributed by atoms with van der Waals surface area (Å²) in [4.78, 5) is 5.98. The van der Waals surface area contributed by atoms with E-state index in [0.29, 0.717) is 12.2 Å². The molecular weight excluding hydrogens is 253 g/mol. The van der Waals surface area contributed by atoms with Crippen LogP contribution >= 0.6 is 0 Å². The fourth-order valence-corrected chi connectivity index (χ4v) is 2.28. The first-order chi connectivity index (χ1) is 9.72. The van der Waals surface area contributed by atoms with E-state index in [1.54, 1.807) is 18.5 Å². The smallest absolute Gasteiger partial charge is 0.146 e. The van der Waals surface area contributed by atoms with Crippen molar-refractivity contribution in [1.82, 2.24) is 10.3 Å². The fraction of sp³-hybridized carbons (Fsp3) is 0.312. The molecule has 1 aromatic carbocycles. The summed E-state index contributed by atoms with van der Waals surface area (Å²) in [5.41, 5.74) is 2.86. The Morgan fingerprint density at radius 2 is 1.95 bits per heavy atom. The van der Waals surface area contributed by atoms with Crippen molar-refractivity contribution in [2.75, 3.05) is 25.5 Å². The lowest BCUT2D eigenvalue weighted by Crippen LogP contribution is -2.24. The second kappa shape index (κ2) is 7.01. The van der Waals surface area contributed by atoms with Crippen LogP contribution in [0.5, 0.6) is 0 Å². The molecule has 0 atom stereocenters. The number of hydrogen-bond acceptors (Lipinski definition) is 3. The lowest BCUT2D eigenvalue weighted by molar-refractivity contribution is 0.617. The van der Waals surface area contributed by atoms with Gasteiger partial charge in [0.1, 0.15) is 5.82 Å². The van der Waals surface area contributed by atoms with Crippen molar-refractivity contribution in [3.8, 4) is 0 Å². The molecule has 1 heterocycles. The molecule has 0 unspecified atom stereocenters. The van der Waals surface area contributed by atoms with Gasteiger partial charge in [-0.3, -0.25) is 4.98 Å². The zero-order valence-electron chi connectivity index (χ0n) is 11.9. The summed E-state index contributed by atoms with van der Waals surface area (Å²) >= 11 is 0. The molecule has 0 radical (unpaired) electrons. The number of aromatic nitrogens is 1. The quantitative estimate of drug-likeness (QED) is 0.877. The highest BCUT2D eigenvalue weighted by atomic mass is 19.1. The lowest BCUT2D eigenvalue weighted by atomic mass is 10.1. The number of halogens is 1. The third-order valence-electron chi connectivity index (χ3n) is 3.30. The van der Waals surface area contributed by atoms with Gasteiger partial charge in [-0.15, -0.1) is 0 Å². The predicted molar refractivity (Wildman–Crippen MR) is 80.4 cm³/mol. The fourth-order valence-electron chi connectivity index (χ4n) is 2.28. The van der Waals surface area contributed by atoms with E-state index >= 15 is 0 Å². The van der Waals surface area contributed by atoms with Crippen molar-refractivity contribution in [3.05, 3.63) is 59.7 Å². The van der Waals surface area contributed by atoms with Gasteiger partial charge in [0.05, 0.1) is 5.69 Å². The minimum absolute atomic E-state index is 0.171. The molecule has 106 valence electrons. The van der Waals surface area contributed by atoms with Gasteiger partial charge in [0.25, 0.3) is 0 Å². The van der Waals surface area contributed by atoms with Crippen molar-refractivity contribution in [2.24, 2.45) is 0 Å². The molecule has 1 aromatic heterocycles. The molecule has 0 aliphatic carbocycles. The van der Waals surface area contributed by atoms with E-state index < -0.39 is 0 Å². The standard InChI is InChI=1S/C16H20FN3/c1-18-12-14-4-3-5-15(17)16(14)20(2)11-8-13-6-9-19-10-7-13/h3-7,9-10,18H,8,11-12H2,1-2H3. The van der Waals surface area contributed by atoms with E-state index in [2.05, 4.69) is 10.3 Å². The number of pyridine rings is 1. The van der Waals surface area contributed by atoms with E-state index in [-0.39, 0.29) is 5.82 Å². The average molecular weight is 273 g/mol. The third kappa shape index (κ3) is 3.54. The van der Waals surface area contributed by atoms with Gasteiger partial charge < -0.3 is 10.2 Å². The summed E-state index contributed by atoms with van der Waals surface area (Å²) in [5.74, 6) is -0.171. The molecule has 0 spiro atoms. The summed E-state index contributed by atoms with van der Waals surface area (Å²) < 4.78 is 14.1. The zero-order chi connectivity index (χ0) is 14.4. The van der Waals surface area contributed by atoms with E-state index in [1.165, 1.54) is 11.6 Å². The van der Waals surface area contributed by atoms with Crippen LogP contribution < -0.4 is 10.2 Å². The van der Waals surface area contributed by atoms with Gasteiger partial charge in [0.2, 0.25) is 0 Å². The van der Waals surface area contributed by atoms with Crippen LogP contribution in [0.1, 0.15) is 11.1 Å².